The van der Waals surface area contributed by atoms with Gasteiger partial charge in [0, 0.05) is 12.6 Å². The first-order valence-electron chi connectivity index (χ1n) is 8.33. The Morgan fingerprint density at radius 1 is 1.12 bits per heavy atom. The number of carbonyl (C=O) groups is 1. The lowest BCUT2D eigenvalue weighted by molar-refractivity contribution is 0.0890. The average Bonchev–Trinajstić information content (AvgIpc) is 2.98. The van der Waals surface area contributed by atoms with Gasteiger partial charge in [-0.3, -0.25) is 4.79 Å². The van der Waals surface area contributed by atoms with Crippen molar-refractivity contribution in [1.29, 1.82) is 0 Å². The van der Waals surface area contributed by atoms with Crippen LogP contribution in [0.5, 0.6) is 6.01 Å². The zero-order valence-corrected chi connectivity index (χ0v) is 13.8. The highest BCUT2D eigenvalue weighted by Crippen LogP contribution is 2.21. The van der Waals surface area contributed by atoms with Gasteiger partial charge in [0.05, 0.1) is 12.1 Å². The number of unbranched alkanes of at least 4 members (excludes halogenated alkanes) is 1. The summed E-state index contributed by atoms with van der Waals surface area (Å²) in [5.74, 6) is 0.00186. The van der Waals surface area contributed by atoms with Crippen LogP contribution < -0.4 is 4.74 Å². The van der Waals surface area contributed by atoms with Crippen LogP contribution in [0, 0.1) is 0 Å². The van der Waals surface area contributed by atoms with Crippen molar-refractivity contribution in [2.45, 2.75) is 32.6 Å². The third-order valence-corrected chi connectivity index (χ3v) is 3.87. The van der Waals surface area contributed by atoms with E-state index < -0.39 is 0 Å². The number of aryl methyl sites for hydroxylation is 1. The molecule has 24 heavy (non-hydrogen) atoms. The molecule has 0 saturated heterocycles. The molecule has 5 nitrogen and oxygen atoms in total. The summed E-state index contributed by atoms with van der Waals surface area (Å²) in [6.45, 7) is 2.34. The molecule has 0 aliphatic carbocycles. The summed E-state index contributed by atoms with van der Waals surface area (Å²) in [4.78, 5) is 21.1. The Labute approximate surface area is 141 Å². The van der Waals surface area contributed by atoms with Crippen LogP contribution in [-0.4, -0.2) is 27.0 Å². The Kier molecular flexibility index (Phi) is 5.21. The van der Waals surface area contributed by atoms with E-state index in [1.807, 2.05) is 31.2 Å². The van der Waals surface area contributed by atoms with Gasteiger partial charge in [-0.25, -0.2) is 9.55 Å². The molecule has 0 radical (unpaired) electrons. The molecule has 2 aromatic heterocycles. The minimum Gasteiger partial charge on any atom is -0.465 e. The molecule has 3 aromatic rings. The normalized spacial score (nSPS) is 10.9. The fraction of sp³-hybridized carbons (Fsp3) is 0.316. The smallest absolute Gasteiger partial charge is 0.305 e. The minimum absolute atomic E-state index is 0.00186. The quantitative estimate of drug-likeness (QED) is 0.619. The lowest BCUT2D eigenvalue weighted by Gasteiger charge is -2.07. The molecule has 5 heteroatoms. The molecule has 0 unspecified atom stereocenters. The first-order chi connectivity index (χ1) is 11.8. The van der Waals surface area contributed by atoms with Gasteiger partial charge in [0.15, 0.2) is 5.65 Å². The van der Waals surface area contributed by atoms with E-state index in [-0.39, 0.29) is 5.91 Å². The van der Waals surface area contributed by atoms with Crippen molar-refractivity contribution in [1.82, 2.24) is 14.5 Å². The topological polar surface area (TPSA) is 57.0 Å². The number of ether oxygens (including phenoxy) is 1. The van der Waals surface area contributed by atoms with Gasteiger partial charge in [-0.15, -0.1) is 0 Å². The largest absolute Gasteiger partial charge is 0.465 e. The van der Waals surface area contributed by atoms with Crippen LogP contribution in [0.25, 0.3) is 11.2 Å². The maximum atomic E-state index is 12.6. The molecule has 0 saturated carbocycles. The van der Waals surface area contributed by atoms with Gasteiger partial charge in [0.2, 0.25) is 5.91 Å². The van der Waals surface area contributed by atoms with E-state index >= 15 is 0 Å². The van der Waals surface area contributed by atoms with Gasteiger partial charge in [-0.05, 0) is 43.9 Å². The summed E-state index contributed by atoms with van der Waals surface area (Å²) in [6.07, 6.45) is 4.93. The SMILES string of the molecule is CCOc1nc2ncccc2n1C(=O)CCCCc1ccccc1. The van der Waals surface area contributed by atoms with E-state index in [9.17, 15) is 4.79 Å². The van der Waals surface area contributed by atoms with Gasteiger partial charge in [-0.1, -0.05) is 30.3 Å². The first kappa shape index (κ1) is 16.2. The lowest BCUT2D eigenvalue weighted by atomic mass is 10.1. The Bertz CT molecular complexity index is 812. The summed E-state index contributed by atoms with van der Waals surface area (Å²) in [6, 6.07) is 14.3. The van der Waals surface area contributed by atoms with Gasteiger partial charge >= 0.3 is 6.01 Å². The van der Waals surface area contributed by atoms with Crippen LogP contribution in [-0.2, 0) is 6.42 Å². The van der Waals surface area contributed by atoms with Gasteiger partial charge in [-0.2, -0.15) is 4.98 Å². The molecule has 0 amide bonds. The number of hydrogen-bond acceptors (Lipinski definition) is 4. The number of nitrogens with zero attached hydrogens (tertiary/aromatic N) is 3. The van der Waals surface area contributed by atoms with Gasteiger partial charge in [0.25, 0.3) is 0 Å². The fourth-order valence-corrected chi connectivity index (χ4v) is 2.72. The summed E-state index contributed by atoms with van der Waals surface area (Å²) in [7, 11) is 0. The summed E-state index contributed by atoms with van der Waals surface area (Å²) >= 11 is 0. The van der Waals surface area contributed by atoms with Crippen LogP contribution in [0.2, 0.25) is 0 Å². The monoisotopic (exact) mass is 323 g/mol. The molecule has 1 aromatic carbocycles. The number of aromatic nitrogens is 3. The van der Waals surface area contributed by atoms with E-state index in [2.05, 4.69) is 22.1 Å². The second-order valence-electron chi connectivity index (χ2n) is 5.60. The van der Waals surface area contributed by atoms with Crippen LogP contribution in [0.15, 0.2) is 48.7 Å². The zero-order valence-electron chi connectivity index (χ0n) is 13.8. The first-order valence-corrected chi connectivity index (χ1v) is 8.33. The number of pyridine rings is 1. The number of benzene rings is 1. The Morgan fingerprint density at radius 3 is 2.75 bits per heavy atom. The van der Waals surface area contributed by atoms with Crippen molar-refractivity contribution in [3.8, 4) is 6.01 Å². The van der Waals surface area contributed by atoms with Gasteiger partial charge in [0.1, 0.15) is 0 Å². The molecule has 0 aliphatic heterocycles. The molecule has 0 spiro atoms. The summed E-state index contributed by atoms with van der Waals surface area (Å²) in [5, 5.41) is 0. The van der Waals surface area contributed by atoms with Crippen LogP contribution >= 0.6 is 0 Å². The second-order valence-corrected chi connectivity index (χ2v) is 5.60. The van der Waals surface area contributed by atoms with Crippen LogP contribution in [0.1, 0.15) is 36.5 Å². The maximum Gasteiger partial charge on any atom is 0.305 e. The van der Waals surface area contributed by atoms with E-state index in [0.717, 1.165) is 19.3 Å². The van der Waals surface area contributed by atoms with Crippen molar-refractivity contribution in [3.05, 3.63) is 54.2 Å². The van der Waals surface area contributed by atoms with Crippen molar-refractivity contribution in [2.24, 2.45) is 0 Å². The van der Waals surface area contributed by atoms with Crippen LogP contribution in [0.4, 0.5) is 0 Å². The van der Waals surface area contributed by atoms with Crippen molar-refractivity contribution in [3.63, 3.8) is 0 Å². The lowest BCUT2D eigenvalue weighted by Crippen LogP contribution is -2.13. The Hall–Kier alpha value is -2.69. The number of imidazole rings is 1. The molecule has 0 bridgehead atoms. The molecule has 0 fully saturated rings. The average molecular weight is 323 g/mol. The predicted octanol–water partition coefficient (Wildman–Crippen LogP) is 3.88. The second kappa shape index (κ2) is 7.73. The molecular formula is C19H21N3O2. The van der Waals surface area contributed by atoms with Crippen molar-refractivity contribution in [2.75, 3.05) is 6.61 Å². The van der Waals surface area contributed by atoms with E-state index in [1.54, 1.807) is 16.8 Å². The minimum atomic E-state index is 0.00186. The highest BCUT2D eigenvalue weighted by molar-refractivity contribution is 5.90. The standard InChI is InChI=1S/C19H21N3O2/c1-2-24-19-21-18-16(12-8-14-20-18)22(19)17(23)13-7-6-11-15-9-4-3-5-10-15/h3-5,8-10,12,14H,2,6-7,11,13H2,1H3. The van der Waals surface area contributed by atoms with Crippen molar-refractivity contribution < 1.29 is 9.53 Å². The fourth-order valence-electron chi connectivity index (χ4n) is 2.72. The number of carbonyl (C=O) groups excluding carboxylic acids is 1. The molecule has 0 aliphatic rings. The Morgan fingerprint density at radius 2 is 1.96 bits per heavy atom. The Balaban J connectivity index is 1.66. The third kappa shape index (κ3) is 3.62. The molecule has 0 N–H and O–H groups in total. The van der Waals surface area contributed by atoms with Crippen molar-refractivity contribution >= 4 is 17.1 Å². The van der Waals surface area contributed by atoms with Crippen LogP contribution in [0.3, 0.4) is 0 Å². The van der Waals surface area contributed by atoms with E-state index in [1.165, 1.54) is 5.56 Å². The number of rotatable bonds is 7. The molecule has 0 atom stereocenters. The number of fused-ring (bicyclic) bond motifs is 1. The summed E-state index contributed by atoms with van der Waals surface area (Å²) < 4.78 is 7.06. The molecular weight excluding hydrogens is 302 g/mol. The zero-order chi connectivity index (χ0) is 16.8. The third-order valence-electron chi connectivity index (χ3n) is 3.87. The molecule has 2 heterocycles. The predicted molar refractivity (Wildman–Crippen MR) is 93.3 cm³/mol. The molecule has 3 rings (SSSR count). The maximum absolute atomic E-state index is 12.6. The highest BCUT2D eigenvalue weighted by atomic mass is 16.5. The summed E-state index contributed by atoms with van der Waals surface area (Å²) in [5.41, 5.74) is 2.55. The van der Waals surface area contributed by atoms with E-state index in [4.69, 9.17) is 4.74 Å². The highest BCUT2D eigenvalue weighted by Gasteiger charge is 2.18. The number of hydrogen-bond donors (Lipinski definition) is 0. The molecule has 124 valence electrons. The van der Waals surface area contributed by atoms with E-state index in [0.29, 0.717) is 30.2 Å². The van der Waals surface area contributed by atoms with Gasteiger partial charge < -0.3 is 4.74 Å².